The number of nitrogens with zero attached hydrogens (tertiary/aromatic N) is 4. The maximum Gasteiger partial charge on any atom is 0.251 e. The van der Waals surface area contributed by atoms with E-state index in [0.717, 1.165) is 9.13 Å². The van der Waals surface area contributed by atoms with Crippen LogP contribution in [0.2, 0.25) is 0 Å². The van der Waals surface area contributed by atoms with E-state index < -0.39 is 42.2 Å². The molecule has 31 heavy (non-hydrogen) atoms. The van der Waals surface area contributed by atoms with Gasteiger partial charge in [-0.25, -0.2) is 9.98 Å². The van der Waals surface area contributed by atoms with E-state index in [1.165, 1.54) is 13.4 Å². The number of amides is 1. The third-order valence-electron chi connectivity index (χ3n) is 5.51. The zero-order valence-corrected chi connectivity index (χ0v) is 18.7. The highest BCUT2D eigenvalue weighted by Gasteiger charge is 2.53. The summed E-state index contributed by atoms with van der Waals surface area (Å²) in [4.78, 5) is 26.4. The summed E-state index contributed by atoms with van der Waals surface area (Å²) in [5.41, 5.74) is 6.87. The van der Waals surface area contributed by atoms with Crippen LogP contribution in [-0.2, 0) is 16.0 Å². The van der Waals surface area contributed by atoms with Crippen molar-refractivity contribution in [3.05, 3.63) is 33.4 Å². The van der Waals surface area contributed by atoms with Gasteiger partial charge in [0.05, 0.1) is 0 Å². The predicted molar refractivity (Wildman–Crippen MR) is 121 cm³/mol. The largest absolute Gasteiger partial charge is 0.387 e. The normalized spacial score (nSPS) is 33.0. The minimum Gasteiger partial charge on any atom is -0.387 e. The Morgan fingerprint density at radius 3 is 2.94 bits per heavy atom. The maximum atomic E-state index is 11.8. The van der Waals surface area contributed by atoms with Crippen molar-refractivity contribution in [1.29, 1.82) is 0 Å². The third kappa shape index (κ3) is 3.99. The highest BCUT2D eigenvalue weighted by Crippen LogP contribution is 2.31. The molecule has 6 N–H and O–H groups in total. The number of amidine groups is 1. The fraction of sp³-hybridized carbons (Fsp3) is 0.474. The number of rotatable bonds is 5. The van der Waals surface area contributed by atoms with Gasteiger partial charge in [-0.15, -0.1) is 0 Å². The molecule has 3 aliphatic rings. The Morgan fingerprint density at radius 1 is 1.45 bits per heavy atom. The average Bonchev–Trinajstić information content (AvgIpc) is 3.29. The SMILES string of the molecule is CNC(=O)C(O)[C@H]1O[C@@H](N2CN=C3C2=NC=NC3(N)Cc2cccc(I)c2)[C@H](O)[C@@H]1O. The molecule has 6 atom stereocenters. The van der Waals surface area contributed by atoms with Gasteiger partial charge < -0.3 is 36.0 Å². The predicted octanol–water partition coefficient (Wildman–Crippen LogP) is -1.80. The number of aliphatic hydroxyl groups is 3. The van der Waals surface area contributed by atoms with Crippen molar-refractivity contribution in [3.63, 3.8) is 0 Å². The van der Waals surface area contributed by atoms with Crippen LogP contribution in [0.1, 0.15) is 5.56 Å². The number of hydrogen-bond acceptors (Lipinski definition) is 10. The fourth-order valence-corrected chi connectivity index (χ4v) is 4.53. The van der Waals surface area contributed by atoms with Crippen LogP contribution in [0.25, 0.3) is 0 Å². The lowest BCUT2D eigenvalue weighted by atomic mass is 9.94. The van der Waals surface area contributed by atoms with Gasteiger partial charge in [0.1, 0.15) is 37.0 Å². The minimum atomic E-state index is -1.65. The molecule has 0 spiro atoms. The molecule has 0 aromatic heterocycles. The minimum absolute atomic E-state index is 0.0695. The van der Waals surface area contributed by atoms with E-state index in [-0.39, 0.29) is 6.67 Å². The van der Waals surface area contributed by atoms with E-state index in [0.29, 0.717) is 18.0 Å². The topological polar surface area (TPSA) is 165 Å². The molecule has 1 amide bonds. The molecule has 2 unspecified atom stereocenters. The molecule has 1 aromatic rings. The van der Waals surface area contributed by atoms with E-state index in [9.17, 15) is 20.1 Å². The monoisotopic (exact) mass is 542 g/mol. The van der Waals surface area contributed by atoms with Crippen LogP contribution in [0, 0.1) is 3.57 Å². The number of nitrogens with one attached hydrogen (secondary N) is 1. The lowest BCUT2D eigenvalue weighted by Crippen LogP contribution is -2.56. The van der Waals surface area contributed by atoms with E-state index >= 15 is 0 Å². The first-order valence-corrected chi connectivity index (χ1v) is 10.7. The lowest BCUT2D eigenvalue weighted by Gasteiger charge is -2.32. The molecule has 0 bridgehead atoms. The quantitative estimate of drug-likeness (QED) is 0.274. The van der Waals surface area contributed by atoms with Gasteiger partial charge in [0.15, 0.2) is 23.8 Å². The summed E-state index contributed by atoms with van der Waals surface area (Å²) >= 11 is 2.22. The summed E-state index contributed by atoms with van der Waals surface area (Å²) in [5.74, 6) is -0.356. The zero-order chi connectivity index (χ0) is 22.3. The smallest absolute Gasteiger partial charge is 0.251 e. The molecular weight excluding hydrogens is 519 g/mol. The maximum absolute atomic E-state index is 11.8. The standard InChI is InChI=1S/C19H23IN6O5/c1-22-17(30)13(29)14-11(27)12(28)18(31-14)26-8-24-15-16(26)23-7-25-19(15,21)6-9-3-2-4-10(20)5-9/h2-5,7,11-14,18,27-29H,6,8,21H2,1H3,(H,22,30)/t11-,12+,13?,14-,18+,19?/m0/s1. The second-order valence-corrected chi connectivity index (χ2v) is 8.82. The Morgan fingerprint density at radius 2 is 2.23 bits per heavy atom. The molecule has 1 fully saturated rings. The van der Waals surface area contributed by atoms with Gasteiger partial charge in [0.2, 0.25) is 0 Å². The van der Waals surface area contributed by atoms with Gasteiger partial charge >= 0.3 is 0 Å². The Kier molecular flexibility index (Phi) is 6.11. The second-order valence-electron chi connectivity index (χ2n) is 7.58. The van der Waals surface area contributed by atoms with Crippen molar-refractivity contribution >= 4 is 46.4 Å². The first-order valence-electron chi connectivity index (χ1n) is 9.63. The number of hydrogen-bond donors (Lipinski definition) is 5. The lowest BCUT2D eigenvalue weighted by molar-refractivity contribution is -0.144. The Balaban J connectivity index is 1.54. The van der Waals surface area contributed by atoms with Crippen molar-refractivity contribution < 1.29 is 24.9 Å². The number of fused-ring (bicyclic) bond motifs is 1. The highest BCUT2D eigenvalue weighted by atomic mass is 127. The zero-order valence-electron chi connectivity index (χ0n) is 16.6. The first-order chi connectivity index (χ1) is 14.7. The van der Waals surface area contributed by atoms with Crippen molar-refractivity contribution in [2.75, 3.05) is 13.7 Å². The van der Waals surface area contributed by atoms with Crippen LogP contribution < -0.4 is 11.1 Å². The van der Waals surface area contributed by atoms with E-state index in [1.54, 1.807) is 4.90 Å². The molecule has 0 radical (unpaired) electrons. The summed E-state index contributed by atoms with van der Waals surface area (Å²) in [6, 6.07) is 7.88. The van der Waals surface area contributed by atoms with Gasteiger partial charge in [0, 0.05) is 17.0 Å². The second kappa shape index (κ2) is 8.52. The molecule has 3 aliphatic heterocycles. The van der Waals surface area contributed by atoms with E-state index in [2.05, 4.69) is 42.9 Å². The summed E-state index contributed by atoms with van der Waals surface area (Å²) < 4.78 is 6.75. The van der Waals surface area contributed by atoms with Crippen LogP contribution in [0.3, 0.4) is 0 Å². The van der Waals surface area contributed by atoms with Crippen LogP contribution in [0.15, 0.2) is 39.2 Å². The summed E-state index contributed by atoms with van der Waals surface area (Å²) in [6.07, 6.45) is -5.18. The number of halogens is 1. The van der Waals surface area contributed by atoms with E-state index in [4.69, 9.17) is 10.5 Å². The molecule has 3 heterocycles. The van der Waals surface area contributed by atoms with Crippen molar-refractivity contribution in [2.45, 2.75) is 42.7 Å². The molecule has 4 rings (SSSR count). The van der Waals surface area contributed by atoms with Gasteiger partial charge in [0.25, 0.3) is 5.91 Å². The number of benzene rings is 1. The number of likely N-dealkylation sites (N-methyl/N-ethyl adjacent to an activating group) is 1. The first kappa shape index (κ1) is 22.2. The average molecular weight is 542 g/mol. The van der Waals surface area contributed by atoms with E-state index in [1.807, 2.05) is 24.3 Å². The molecule has 0 aliphatic carbocycles. The summed E-state index contributed by atoms with van der Waals surface area (Å²) in [5, 5.41) is 33.3. The van der Waals surface area contributed by atoms with Crippen LogP contribution >= 0.6 is 22.6 Å². The summed E-state index contributed by atoms with van der Waals surface area (Å²) in [7, 11) is 1.35. The number of carbonyl (C=O) groups excluding carboxylic acids is 1. The highest BCUT2D eigenvalue weighted by molar-refractivity contribution is 14.1. The molecule has 11 nitrogen and oxygen atoms in total. The Bertz CT molecular complexity index is 971. The molecule has 166 valence electrons. The number of aliphatic imine (C=N–C) groups is 3. The molecule has 0 saturated carbocycles. The molecule has 12 heteroatoms. The van der Waals surface area contributed by atoms with Crippen molar-refractivity contribution in [1.82, 2.24) is 10.2 Å². The van der Waals surface area contributed by atoms with Crippen LogP contribution in [0.5, 0.6) is 0 Å². The number of ether oxygens (including phenoxy) is 1. The molecule has 1 aromatic carbocycles. The summed E-state index contributed by atoms with van der Waals surface area (Å²) in [6.45, 7) is 0.0695. The Hall–Kier alpha value is -1.97. The fourth-order valence-electron chi connectivity index (χ4n) is 3.92. The van der Waals surface area contributed by atoms with Crippen LogP contribution in [-0.4, -0.2) is 94.0 Å². The number of aliphatic hydroxyl groups excluding tert-OH is 3. The number of carbonyl (C=O) groups is 1. The van der Waals surface area contributed by atoms with Gasteiger partial charge in [-0.3, -0.25) is 9.79 Å². The molecular formula is C19H23IN6O5. The van der Waals surface area contributed by atoms with Crippen molar-refractivity contribution in [2.24, 2.45) is 20.7 Å². The third-order valence-corrected chi connectivity index (χ3v) is 6.19. The Labute approximate surface area is 191 Å². The van der Waals surface area contributed by atoms with Gasteiger partial charge in [-0.05, 0) is 40.3 Å². The van der Waals surface area contributed by atoms with Crippen LogP contribution in [0.4, 0.5) is 0 Å². The van der Waals surface area contributed by atoms with Crippen molar-refractivity contribution in [3.8, 4) is 0 Å². The van der Waals surface area contributed by atoms with Gasteiger partial charge in [-0.2, -0.15) is 0 Å². The van der Waals surface area contributed by atoms with Gasteiger partial charge in [-0.1, -0.05) is 12.1 Å². The molecule has 1 saturated heterocycles. The number of nitrogens with two attached hydrogens (primary N) is 1.